The minimum Gasteiger partial charge on any atom is -0.490 e. The molecule has 130 valence electrons. The van der Waals surface area contributed by atoms with Crippen LogP contribution in [0.2, 0.25) is 0 Å². The van der Waals surface area contributed by atoms with E-state index >= 15 is 0 Å². The zero-order valence-electron chi connectivity index (χ0n) is 13.9. The fourth-order valence-corrected chi connectivity index (χ4v) is 2.69. The SMILES string of the molecule is C=CC1CCN(C(=O)c2ccc(OCC(=O)O)c(OCC)c2)CC1. The van der Waals surface area contributed by atoms with Gasteiger partial charge in [-0.05, 0) is 43.9 Å². The molecule has 1 fully saturated rings. The van der Waals surface area contributed by atoms with Crippen molar-refractivity contribution in [1.82, 2.24) is 4.90 Å². The largest absolute Gasteiger partial charge is 0.490 e. The first-order chi connectivity index (χ1) is 11.5. The molecular formula is C18H23NO5. The van der Waals surface area contributed by atoms with Gasteiger partial charge in [-0.2, -0.15) is 0 Å². The second-order valence-corrected chi connectivity index (χ2v) is 5.64. The van der Waals surface area contributed by atoms with Gasteiger partial charge in [0.05, 0.1) is 6.61 Å². The summed E-state index contributed by atoms with van der Waals surface area (Å²) in [6.45, 7) is 6.97. The number of carboxylic acids is 1. The van der Waals surface area contributed by atoms with Gasteiger partial charge in [0.15, 0.2) is 18.1 Å². The van der Waals surface area contributed by atoms with Crippen LogP contribution in [0.3, 0.4) is 0 Å². The summed E-state index contributed by atoms with van der Waals surface area (Å²) in [5.74, 6) is 0.0533. The van der Waals surface area contributed by atoms with E-state index in [1.54, 1.807) is 18.2 Å². The van der Waals surface area contributed by atoms with Gasteiger partial charge in [0, 0.05) is 18.7 Å². The summed E-state index contributed by atoms with van der Waals surface area (Å²) in [4.78, 5) is 25.1. The van der Waals surface area contributed by atoms with Gasteiger partial charge in [-0.1, -0.05) is 6.08 Å². The van der Waals surface area contributed by atoms with Gasteiger partial charge in [0.2, 0.25) is 0 Å². The molecule has 6 heteroatoms. The predicted molar refractivity (Wildman–Crippen MR) is 89.6 cm³/mol. The van der Waals surface area contributed by atoms with Crippen LogP contribution in [0.4, 0.5) is 0 Å². The summed E-state index contributed by atoms with van der Waals surface area (Å²) in [7, 11) is 0. The molecule has 0 spiro atoms. The lowest BCUT2D eigenvalue weighted by molar-refractivity contribution is -0.139. The van der Waals surface area contributed by atoms with Crippen LogP contribution in [0, 0.1) is 5.92 Å². The fraction of sp³-hybridized carbons (Fsp3) is 0.444. The molecule has 0 aromatic heterocycles. The number of rotatable bonds is 7. The Balaban J connectivity index is 2.12. The maximum Gasteiger partial charge on any atom is 0.341 e. The molecule has 2 rings (SSSR count). The van der Waals surface area contributed by atoms with Crippen LogP contribution in [0.5, 0.6) is 11.5 Å². The van der Waals surface area contributed by atoms with Crippen LogP contribution in [0.1, 0.15) is 30.1 Å². The van der Waals surface area contributed by atoms with Crippen LogP contribution >= 0.6 is 0 Å². The highest BCUT2D eigenvalue weighted by molar-refractivity contribution is 5.95. The number of piperidine rings is 1. The molecule has 0 unspecified atom stereocenters. The first-order valence-electron chi connectivity index (χ1n) is 8.08. The van der Waals surface area contributed by atoms with E-state index in [-0.39, 0.29) is 5.91 Å². The van der Waals surface area contributed by atoms with Crippen LogP contribution in [0.25, 0.3) is 0 Å². The van der Waals surface area contributed by atoms with Crippen molar-refractivity contribution in [1.29, 1.82) is 0 Å². The van der Waals surface area contributed by atoms with Crippen molar-refractivity contribution in [3.05, 3.63) is 36.4 Å². The second kappa shape index (κ2) is 8.38. The summed E-state index contributed by atoms with van der Waals surface area (Å²) >= 11 is 0. The minimum absolute atomic E-state index is 0.0525. The Morgan fingerprint density at radius 3 is 2.58 bits per heavy atom. The van der Waals surface area contributed by atoms with E-state index in [9.17, 15) is 9.59 Å². The summed E-state index contributed by atoms with van der Waals surface area (Å²) in [5, 5.41) is 8.72. The third-order valence-corrected chi connectivity index (χ3v) is 4.00. The topological polar surface area (TPSA) is 76.1 Å². The number of hydrogen-bond donors (Lipinski definition) is 1. The molecule has 0 bridgehead atoms. The van der Waals surface area contributed by atoms with Gasteiger partial charge in [0.25, 0.3) is 5.91 Å². The Bertz CT molecular complexity index is 605. The van der Waals surface area contributed by atoms with Gasteiger partial charge in [0.1, 0.15) is 0 Å². The van der Waals surface area contributed by atoms with Crippen molar-refractivity contribution in [2.24, 2.45) is 5.92 Å². The van der Waals surface area contributed by atoms with Crippen molar-refractivity contribution in [2.45, 2.75) is 19.8 Å². The maximum atomic E-state index is 12.6. The molecule has 1 saturated heterocycles. The first-order valence-corrected chi connectivity index (χ1v) is 8.08. The number of benzene rings is 1. The molecule has 1 aliphatic rings. The van der Waals surface area contributed by atoms with Gasteiger partial charge < -0.3 is 19.5 Å². The lowest BCUT2D eigenvalue weighted by Gasteiger charge is -2.30. The van der Waals surface area contributed by atoms with Crippen LogP contribution in [-0.4, -0.2) is 48.2 Å². The molecule has 0 saturated carbocycles. The minimum atomic E-state index is -1.07. The van der Waals surface area contributed by atoms with E-state index < -0.39 is 12.6 Å². The van der Waals surface area contributed by atoms with E-state index in [0.717, 1.165) is 12.8 Å². The summed E-state index contributed by atoms with van der Waals surface area (Å²) in [6.07, 6.45) is 3.80. The monoisotopic (exact) mass is 333 g/mol. The molecule has 1 aliphatic heterocycles. The predicted octanol–water partition coefficient (Wildman–Crippen LogP) is 2.59. The van der Waals surface area contributed by atoms with E-state index in [1.165, 1.54) is 0 Å². The number of allylic oxidation sites excluding steroid dienone is 1. The summed E-state index contributed by atoms with van der Waals surface area (Å²) < 4.78 is 10.7. The van der Waals surface area contributed by atoms with Crippen molar-refractivity contribution < 1.29 is 24.2 Å². The molecule has 24 heavy (non-hydrogen) atoms. The van der Waals surface area contributed by atoms with E-state index in [0.29, 0.717) is 42.7 Å². The number of amides is 1. The van der Waals surface area contributed by atoms with Gasteiger partial charge in [-0.3, -0.25) is 4.79 Å². The Hall–Kier alpha value is -2.50. The standard InChI is InChI=1S/C18H23NO5/c1-3-13-7-9-19(10-8-13)18(22)14-5-6-15(24-12-17(20)21)16(11-14)23-4-2/h3,5-6,11,13H,1,4,7-10,12H2,2H3,(H,20,21). The van der Waals surface area contributed by atoms with E-state index in [4.69, 9.17) is 14.6 Å². The number of carbonyl (C=O) groups excluding carboxylic acids is 1. The number of aliphatic carboxylic acids is 1. The van der Waals surface area contributed by atoms with Crippen LogP contribution in [0.15, 0.2) is 30.9 Å². The quantitative estimate of drug-likeness (QED) is 0.776. The number of nitrogens with zero attached hydrogens (tertiary/aromatic N) is 1. The lowest BCUT2D eigenvalue weighted by atomic mass is 9.96. The number of carbonyl (C=O) groups is 2. The molecule has 6 nitrogen and oxygen atoms in total. The normalized spacial score (nSPS) is 15.0. The maximum absolute atomic E-state index is 12.6. The molecule has 1 heterocycles. The summed E-state index contributed by atoms with van der Waals surface area (Å²) in [6, 6.07) is 4.84. The van der Waals surface area contributed by atoms with Crippen molar-refractivity contribution >= 4 is 11.9 Å². The molecule has 1 amide bonds. The molecule has 1 aromatic carbocycles. The van der Waals surface area contributed by atoms with Crippen molar-refractivity contribution in [3.63, 3.8) is 0 Å². The van der Waals surface area contributed by atoms with Gasteiger partial charge in [-0.15, -0.1) is 6.58 Å². The third-order valence-electron chi connectivity index (χ3n) is 4.00. The van der Waals surface area contributed by atoms with E-state index in [1.807, 2.05) is 17.9 Å². The Labute approximate surface area is 141 Å². The highest BCUT2D eigenvalue weighted by atomic mass is 16.5. The molecule has 0 atom stereocenters. The van der Waals surface area contributed by atoms with Crippen molar-refractivity contribution in [3.8, 4) is 11.5 Å². The zero-order chi connectivity index (χ0) is 17.5. The smallest absolute Gasteiger partial charge is 0.341 e. The number of hydrogen-bond acceptors (Lipinski definition) is 4. The van der Waals surface area contributed by atoms with Crippen molar-refractivity contribution in [2.75, 3.05) is 26.3 Å². The highest BCUT2D eigenvalue weighted by Crippen LogP contribution is 2.29. The van der Waals surface area contributed by atoms with Crippen LogP contribution < -0.4 is 9.47 Å². The molecular weight excluding hydrogens is 310 g/mol. The summed E-state index contributed by atoms with van der Waals surface area (Å²) in [5.41, 5.74) is 0.512. The number of ether oxygens (including phenoxy) is 2. The molecule has 1 N–H and O–H groups in total. The zero-order valence-corrected chi connectivity index (χ0v) is 13.9. The average Bonchev–Trinajstić information content (AvgIpc) is 2.60. The number of carboxylic acid groups (broad SMARTS) is 1. The number of likely N-dealkylation sites (tertiary alicyclic amines) is 1. The van der Waals surface area contributed by atoms with Crippen LogP contribution in [-0.2, 0) is 4.79 Å². The Morgan fingerprint density at radius 2 is 2.00 bits per heavy atom. The molecule has 0 aliphatic carbocycles. The van der Waals surface area contributed by atoms with Gasteiger partial charge >= 0.3 is 5.97 Å². The Kier molecular flexibility index (Phi) is 6.23. The van der Waals surface area contributed by atoms with E-state index in [2.05, 4.69) is 6.58 Å². The fourth-order valence-electron chi connectivity index (χ4n) is 2.69. The van der Waals surface area contributed by atoms with Gasteiger partial charge in [-0.25, -0.2) is 4.79 Å². The molecule has 1 aromatic rings. The highest BCUT2D eigenvalue weighted by Gasteiger charge is 2.23. The second-order valence-electron chi connectivity index (χ2n) is 5.64. The lowest BCUT2D eigenvalue weighted by Crippen LogP contribution is -2.38. The Morgan fingerprint density at radius 1 is 1.29 bits per heavy atom. The molecule has 0 radical (unpaired) electrons. The average molecular weight is 333 g/mol. The third kappa shape index (κ3) is 4.50. The first kappa shape index (κ1) is 17.8.